The number of hydrogen-bond acceptors (Lipinski definition) is 4. The van der Waals surface area contributed by atoms with Crippen LogP contribution in [0.4, 0.5) is 0 Å². The molecule has 4 nitrogen and oxygen atoms in total. The lowest BCUT2D eigenvalue weighted by atomic mass is 10.1. The molecule has 0 heterocycles. The molecule has 0 aliphatic rings. The lowest BCUT2D eigenvalue weighted by Gasteiger charge is -2.06. The van der Waals surface area contributed by atoms with Crippen molar-refractivity contribution in [2.75, 3.05) is 13.2 Å². The summed E-state index contributed by atoms with van der Waals surface area (Å²) >= 11 is 0. The number of allylic oxidation sites excluding steroid dienone is 2. The Labute approximate surface area is 144 Å². The Bertz CT molecular complexity index is 526. The van der Waals surface area contributed by atoms with E-state index in [-0.39, 0.29) is 0 Å². The molecule has 1 aromatic rings. The topological polar surface area (TPSA) is 52.6 Å². The average molecular weight is 330 g/mol. The fourth-order valence-electron chi connectivity index (χ4n) is 1.95. The molecular weight excluding hydrogens is 304 g/mol. The zero-order valence-electron chi connectivity index (χ0n) is 14.5. The summed E-state index contributed by atoms with van der Waals surface area (Å²) in [4.78, 5) is 24.0. The van der Waals surface area contributed by atoms with Crippen molar-refractivity contribution in [1.29, 1.82) is 0 Å². The summed E-state index contributed by atoms with van der Waals surface area (Å²) < 4.78 is 10.4. The zero-order valence-corrected chi connectivity index (χ0v) is 14.5. The van der Waals surface area contributed by atoms with E-state index in [1.807, 2.05) is 38.2 Å². The Morgan fingerprint density at radius 1 is 0.833 bits per heavy atom. The first-order valence-corrected chi connectivity index (χ1v) is 8.43. The second kappa shape index (κ2) is 12.1. The van der Waals surface area contributed by atoms with Gasteiger partial charge in [0.25, 0.3) is 0 Å². The predicted octanol–water partition coefficient (Wildman–Crippen LogP) is 4.71. The molecule has 0 saturated heterocycles. The van der Waals surface area contributed by atoms with Gasteiger partial charge in [-0.05, 0) is 43.9 Å². The number of rotatable bonds is 10. The fourth-order valence-corrected chi connectivity index (χ4v) is 1.95. The van der Waals surface area contributed by atoms with Crippen LogP contribution in [-0.4, -0.2) is 25.2 Å². The van der Waals surface area contributed by atoms with Crippen molar-refractivity contribution in [2.45, 2.75) is 39.5 Å². The molecule has 1 aromatic carbocycles. The highest BCUT2D eigenvalue weighted by atomic mass is 16.5. The third-order valence-electron chi connectivity index (χ3n) is 3.17. The Hall–Kier alpha value is -2.36. The van der Waals surface area contributed by atoms with Crippen LogP contribution >= 0.6 is 0 Å². The first-order valence-electron chi connectivity index (χ1n) is 8.43. The molecule has 24 heavy (non-hydrogen) atoms. The van der Waals surface area contributed by atoms with Crippen molar-refractivity contribution in [3.05, 3.63) is 59.7 Å². The summed E-state index contributed by atoms with van der Waals surface area (Å²) in [5, 5.41) is 0. The van der Waals surface area contributed by atoms with E-state index in [9.17, 15) is 9.59 Å². The lowest BCUT2D eigenvalue weighted by molar-refractivity contribution is 0.0510. The summed E-state index contributed by atoms with van der Waals surface area (Å²) in [6.45, 7) is 4.75. The third kappa shape index (κ3) is 7.77. The van der Waals surface area contributed by atoms with Gasteiger partial charge in [-0.2, -0.15) is 0 Å². The average Bonchev–Trinajstić information content (AvgIpc) is 2.61. The molecule has 0 fully saturated rings. The van der Waals surface area contributed by atoms with E-state index < -0.39 is 11.9 Å². The summed E-state index contributed by atoms with van der Waals surface area (Å²) in [6, 6.07) is 6.42. The van der Waals surface area contributed by atoms with Gasteiger partial charge in [0.05, 0.1) is 24.3 Å². The zero-order chi connectivity index (χ0) is 17.6. The van der Waals surface area contributed by atoms with Crippen molar-refractivity contribution in [3.63, 3.8) is 0 Å². The van der Waals surface area contributed by atoms with Crippen LogP contribution < -0.4 is 0 Å². The summed E-state index contributed by atoms with van der Waals surface area (Å²) in [6.07, 6.45) is 11.3. The van der Waals surface area contributed by atoms with E-state index in [0.717, 1.165) is 12.8 Å². The maximum atomic E-state index is 12.0. The molecule has 0 aromatic heterocycles. The largest absolute Gasteiger partial charge is 0.462 e. The van der Waals surface area contributed by atoms with Crippen molar-refractivity contribution in [2.24, 2.45) is 0 Å². The normalized spacial score (nSPS) is 11.1. The van der Waals surface area contributed by atoms with Crippen LogP contribution in [0, 0.1) is 0 Å². The van der Waals surface area contributed by atoms with Crippen LogP contribution in [0.5, 0.6) is 0 Å². The lowest BCUT2D eigenvalue weighted by Crippen LogP contribution is -2.10. The highest BCUT2D eigenvalue weighted by Crippen LogP contribution is 2.09. The van der Waals surface area contributed by atoms with Gasteiger partial charge in [-0.3, -0.25) is 0 Å². The quantitative estimate of drug-likeness (QED) is 0.354. The van der Waals surface area contributed by atoms with Crippen molar-refractivity contribution >= 4 is 11.9 Å². The van der Waals surface area contributed by atoms with Gasteiger partial charge in [0.2, 0.25) is 0 Å². The fraction of sp³-hybridized carbons (Fsp3) is 0.400. The van der Waals surface area contributed by atoms with Crippen molar-refractivity contribution in [3.8, 4) is 0 Å². The Morgan fingerprint density at radius 2 is 1.29 bits per heavy atom. The van der Waals surface area contributed by atoms with Gasteiger partial charge in [0.1, 0.15) is 0 Å². The molecule has 0 radical (unpaired) electrons. The number of ether oxygens (including phenoxy) is 2. The van der Waals surface area contributed by atoms with Gasteiger partial charge in [-0.15, -0.1) is 0 Å². The van der Waals surface area contributed by atoms with Crippen LogP contribution in [0.2, 0.25) is 0 Å². The number of hydrogen-bond donors (Lipinski definition) is 0. The number of carbonyl (C=O) groups is 2. The smallest absolute Gasteiger partial charge is 0.338 e. The van der Waals surface area contributed by atoms with Gasteiger partial charge in [-0.1, -0.05) is 44.2 Å². The molecule has 0 aliphatic carbocycles. The molecule has 0 atom stereocenters. The number of carbonyl (C=O) groups excluding carboxylic acids is 2. The van der Waals surface area contributed by atoms with E-state index >= 15 is 0 Å². The van der Waals surface area contributed by atoms with Gasteiger partial charge in [-0.25, -0.2) is 9.59 Å². The van der Waals surface area contributed by atoms with Crippen LogP contribution in [0.15, 0.2) is 48.6 Å². The molecule has 0 amide bonds. The van der Waals surface area contributed by atoms with Crippen LogP contribution in [-0.2, 0) is 9.47 Å². The molecule has 0 N–H and O–H groups in total. The maximum absolute atomic E-state index is 12.0. The van der Waals surface area contributed by atoms with Crippen molar-refractivity contribution < 1.29 is 19.1 Å². The van der Waals surface area contributed by atoms with E-state index in [4.69, 9.17) is 9.47 Å². The van der Waals surface area contributed by atoms with E-state index in [1.54, 1.807) is 18.2 Å². The molecular formula is C20H26O4. The minimum atomic E-state index is -0.430. The first kappa shape index (κ1) is 19.7. The van der Waals surface area contributed by atoms with Gasteiger partial charge < -0.3 is 9.47 Å². The molecule has 0 bridgehead atoms. The summed E-state index contributed by atoms with van der Waals surface area (Å²) in [5.74, 6) is -0.860. The second-order valence-corrected chi connectivity index (χ2v) is 5.19. The Kier molecular flexibility index (Phi) is 9.93. The van der Waals surface area contributed by atoms with Gasteiger partial charge in [0.15, 0.2) is 0 Å². The molecule has 0 aliphatic heterocycles. The van der Waals surface area contributed by atoms with Gasteiger partial charge >= 0.3 is 11.9 Å². The molecule has 1 rings (SSSR count). The van der Waals surface area contributed by atoms with Crippen LogP contribution in [0.25, 0.3) is 0 Å². The third-order valence-corrected chi connectivity index (χ3v) is 3.17. The molecule has 0 saturated carbocycles. The molecule has 4 heteroatoms. The summed E-state index contributed by atoms with van der Waals surface area (Å²) in [7, 11) is 0. The van der Waals surface area contributed by atoms with Crippen molar-refractivity contribution in [1.82, 2.24) is 0 Å². The SMILES string of the molecule is CC/C=C/CCOC(=O)c1cccc(C(=O)OCC/C=C/CC)c1. The molecule has 130 valence electrons. The highest BCUT2D eigenvalue weighted by molar-refractivity contribution is 5.95. The standard InChI is InChI=1S/C20H26O4/c1-3-5-7-9-14-23-19(21)17-12-11-13-18(16-17)20(22)24-15-10-8-6-4-2/h5-8,11-13,16H,3-4,9-10,14-15H2,1-2H3/b7-5+,8-6+. The minimum absolute atomic E-state index is 0.327. The Morgan fingerprint density at radius 3 is 1.71 bits per heavy atom. The molecule has 0 spiro atoms. The predicted molar refractivity (Wildman–Crippen MR) is 95.1 cm³/mol. The van der Waals surface area contributed by atoms with E-state index in [0.29, 0.717) is 37.2 Å². The van der Waals surface area contributed by atoms with Crippen LogP contribution in [0.3, 0.4) is 0 Å². The van der Waals surface area contributed by atoms with Crippen LogP contribution in [0.1, 0.15) is 60.2 Å². The van der Waals surface area contributed by atoms with E-state index in [2.05, 4.69) is 0 Å². The molecule has 0 unspecified atom stereocenters. The van der Waals surface area contributed by atoms with Gasteiger partial charge in [0, 0.05) is 0 Å². The minimum Gasteiger partial charge on any atom is -0.462 e. The number of benzene rings is 1. The number of esters is 2. The van der Waals surface area contributed by atoms with E-state index in [1.165, 1.54) is 6.07 Å². The maximum Gasteiger partial charge on any atom is 0.338 e. The Balaban J connectivity index is 2.49. The summed E-state index contributed by atoms with van der Waals surface area (Å²) in [5.41, 5.74) is 0.713. The second-order valence-electron chi connectivity index (χ2n) is 5.19. The first-order chi connectivity index (χ1) is 11.7. The monoisotopic (exact) mass is 330 g/mol. The highest BCUT2D eigenvalue weighted by Gasteiger charge is 2.12.